The summed E-state index contributed by atoms with van der Waals surface area (Å²) in [5.74, 6) is -1.95. The van der Waals surface area contributed by atoms with Crippen LogP contribution in [0.1, 0.15) is 6.42 Å². The van der Waals surface area contributed by atoms with Crippen LogP contribution >= 0.6 is 15.9 Å². The molecular weight excluding hydrogens is 438 g/mol. The van der Waals surface area contributed by atoms with Crippen molar-refractivity contribution >= 4 is 45.6 Å². The average Bonchev–Trinajstić information content (AvgIpc) is 2.64. The van der Waals surface area contributed by atoms with Crippen molar-refractivity contribution in [3.05, 3.63) is 22.8 Å². The van der Waals surface area contributed by atoms with Crippen molar-refractivity contribution in [1.82, 2.24) is 20.5 Å². The fourth-order valence-corrected chi connectivity index (χ4v) is 2.96. The number of nitrogens with one attached hydrogen (secondary N) is 3. The number of halogens is 1. The number of carbonyl (C=O) groups excluding carboxylic acids is 3. The molecule has 2 atom stereocenters. The van der Waals surface area contributed by atoms with Gasteiger partial charge in [0.05, 0.1) is 12.1 Å². The molecule has 12 heteroatoms. The lowest BCUT2D eigenvalue weighted by Gasteiger charge is -2.38. The van der Waals surface area contributed by atoms with Crippen LogP contribution in [0.2, 0.25) is 0 Å². The van der Waals surface area contributed by atoms with Gasteiger partial charge in [0.25, 0.3) is 0 Å². The minimum absolute atomic E-state index is 0.0509. The van der Waals surface area contributed by atoms with E-state index in [0.29, 0.717) is 11.0 Å². The van der Waals surface area contributed by atoms with Gasteiger partial charge in [-0.05, 0) is 34.5 Å². The molecular formula is C16H20BrN5O6. The van der Waals surface area contributed by atoms with E-state index in [1.54, 1.807) is 6.07 Å². The quantitative estimate of drug-likeness (QED) is 0.446. The Balaban J connectivity index is 1.98. The number of methoxy groups -OCH3 is 1. The molecule has 152 valence electrons. The summed E-state index contributed by atoms with van der Waals surface area (Å²) in [6.07, 6.45) is 0.442. The third-order valence-corrected chi connectivity index (χ3v) is 4.50. The molecule has 0 saturated carbocycles. The van der Waals surface area contributed by atoms with Gasteiger partial charge in [-0.1, -0.05) is 0 Å². The fourth-order valence-electron chi connectivity index (χ4n) is 2.73. The number of carbonyl (C=O) groups is 4. The van der Waals surface area contributed by atoms with Gasteiger partial charge in [-0.25, -0.2) is 9.78 Å². The molecule has 11 nitrogen and oxygen atoms in total. The van der Waals surface area contributed by atoms with Gasteiger partial charge in [-0.2, -0.15) is 0 Å². The molecule has 0 unspecified atom stereocenters. The van der Waals surface area contributed by atoms with Gasteiger partial charge >= 0.3 is 17.9 Å². The maximum absolute atomic E-state index is 12.2. The van der Waals surface area contributed by atoms with E-state index in [-0.39, 0.29) is 31.3 Å². The van der Waals surface area contributed by atoms with E-state index < -0.39 is 30.0 Å². The second-order valence-electron chi connectivity index (χ2n) is 6.01. The maximum Gasteiger partial charge on any atom is 0.405 e. The molecule has 0 aromatic carbocycles. The van der Waals surface area contributed by atoms with Gasteiger partial charge < -0.3 is 30.7 Å². The van der Waals surface area contributed by atoms with E-state index in [1.807, 2.05) is 0 Å². The Morgan fingerprint density at radius 2 is 2.00 bits per heavy atom. The monoisotopic (exact) mass is 457 g/mol. The van der Waals surface area contributed by atoms with Gasteiger partial charge in [0.1, 0.15) is 12.4 Å². The first kappa shape index (κ1) is 21.6. The first-order valence-electron chi connectivity index (χ1n) is 8.29. The van der Waals surface area contributed by atoms with E-state index in [9.17, 15) is 19.2 Å². The van der Waals surface area contributed by atoms with Crippen molar-refractivity contribution in [2.24, 2.45) is 0 Å². The summed E-state index contributed by atoms with van der Waals surface area (Å²) in [6, 6.07) is 1.75. The molecule has 2 heterocycles. The number of hydrogen-bond acceptors (Lipinski definition) is 6. The van der Waals surface area contributed by atoms with E-state index in [4.69, 9.17) is 9.84 Å². The SMILES string of the molecule is COCC(=O)N1CC[C@H](NC(=O)C(=O)Nc2ccc(Br)cn2)[C@H](NC(=O)O)C1. The first-order valence-corrected chi connectivity index (χ1v) is 9.09. The minimum atomic E-state index is -1.30. The molecule has 1 aliphatic heterocycles. The number of aromatic nitrogens is 1. The molecule has 4 amide bonds. The number of piperidine rings is 1. The van der Waals surface area contributed by atoms with Crippen LogP contribution in [0.4, 0.5) is 10.6 Å². The number of nitrogens with zero attached hydrogens (tertiary/aromatic N) is 2. The number of amides is 4. The number of likely N-dealkylation sites (tertiary alicyclic amines) is 1. The Kier molecular flexibility index (Phi) is 7.70. The van der Waals surface area contributed by atoms with Gasteiger partial charge in [-0.3, -0.25) is 14.4 Å². The summed E-state index contributed by atoms with van der Waals surface area (Å²) in [7, 11) is 1.39. The Morgan fingerprint density at radius 1 is 1.25 bits per heavy atom. The van der Waals surface area contributed by atoms with Crippen molar-refractivity contribution < 1.29 is 29.0 Å². The predicted molar refractivity (Wildman–Crippen MR) is 101 cm³/mol. The van der Waals surface area contributed by atoms with Crippen molar-refractivity contribution in [2.45, 2.75) is 18.5 Å². The lowest BCUT2D eigenvalue weighted by molar-refractivity contribution is -0.138. The lowest BCUT2D eigenvalue weighted by atomic mass is 9.99. The highest BCUT2D eigenvalue weighted by Gasteiger charge is 2.34. The molecule has 2 rings (SSSR count). The number of pyridine rings is 1. The second-order valence-corrected chi connectivity index (χ2v) is 6.93. The summed E-state index contributed by atoms with van der Waals surface area (Å²) in [5.41, 5.74) is 0. The number of ether oxygens (including phenoxy) is 1. The molecule has 4 N–H and O–H groups in total. The maximum atomic E-state index is 12.2. The van der Waals surface area contributed by atoms with Gasteiger partial charge in [0, 0.05) is 30.9 Å². The summed E-state index contributed by atoms with van der Waals surface area (Å²) >= 11 is 3.21. The zero-order valence-electron chi connectivity index (χ0n) is 15.0. The van der Waals surface area contributed by atoms with Crippen LogP contribution in [0.3, 0.4) is 0 Å². The van der Waals surface area contributed by atoms with Crippen LogP contribution in [0.15, 0.2) is 22.8 Å². The standard InChI is InChI=1S/C16H20BrN5O6/c1-28-8-13(23)22-5-4-10(11(7-22)20-16(26)27)19-14(24)15(25)21-12-3-2-9(17)6-18-12/h2-3,6,10-11,20H,4-5,7-8H2,1H3,(H,19,24)(H,26,27)(H,18,21,25)/t10-,11+/m0/s1. The Labute approximate surface area is 168 Å². The predicted octanol–water partition coefficient (Wildman–Crippen LogP) is -0.218. The fraction of sp³-hybridized carbons (Fsp3) is 0.438. The highest BCUT2D eigenvalue weighted by atomic mass is 79.9. The van der Waals surface area contributed by atoms with E-state index in [0.717, 1.165) is 0 Å². The van der Waals surface area contributed by atoms with Crippen LogP contribution in [0.25, 0.3) is 0 Å². The molecule has 1 aromatic rings. The van der Waals surface area contributed by atoms with Crippen molar-refractivity contribution in [3.8, 4) is 0 Å². The summed E-state index contributed by atoms with van der Waals surface area (Å²) in [5, 5.41) is 16.2. The topological polar surface area (TPSA) is 150 Å². The molecule has 1 aromatic heterocycles. The first-order chi connectivity index (χ1) is 13.3. The zero-order chi connectivity index (χ0) is 20.7. The highest BCUT2D eigenvalue weighted by Crippen LogP contribution is 2.13. The van der Waals surface area contributed by atoms with Crippen LogP contribution in [0, 0.1) is 0 Å². The van der Waals surface area contributed by atoms with Gasteiger partial charge in [0.2, 0.25) is 5.91 Å². The molecule has 28 heavy (non-hydrogen) atoms. The minimum Gasteiger partial charge on any atom is -0.465 e. The third kappa shape index (κ3) is 6.16. The second kappa shape index (κ2) is 9.99. The molecule has 0 bridgehead atoms. The van der Waals surface area contributed by atoms with Crippen LogP contribution in [0.5, 0.6) is 0 Å². The van der Waals surface area contributed by atoms with Crippen molar-refractivity contribution in [2.75, 3.05) is 32.1 Å². The molecule has 1 aliphatic rings. The summed E-state index contributed by atoms with van der Waals surface area (Å²) < 4.78 is 5.52. The van der Waals surface area contributed by atoms with E-state index in [2.05, 4.69) is 36.9 Å². The Hall–Kier alpha value is -2.73. The molecule has 1 saturated heterocycles. The third-order valence-electron chi connectivity index (χ3n) is 4.03. The van der Waals surface area contributed by atoms with Gasteiger partial charge in [-0.15, -0.1) is 0 Å². The number of anilines is 1. The zero-order valence-corrected chi connectivity index (χ0v) is 16.6. The normalized spacial score (nSPS) is 18.9. The molecule has 1 fully saturated rings. The number of carboxylic acid groups (broad SMARTS) is 1. The van der Waals surface area contributed by atoms with Crippen LogP contribution < -0.4 is 16.0 Å². The van der Waals surface area contributed by atoms with Crippen LogP contribution in [-0.2, 0) is 19.1 Å². The van der Waals surface area contributed by atoms with E-state index >= 15 is 0 Å². The average molecular weight is 458 g/mol. The number of rotatable bonds is 5. The largest absolute Gasteiger partial charge is 0.465 e. The Bertz CT molecular complexity index is 744. The number of hydrogen-bond donors (Lipinski definition) is 4. The lowest BCUT2D eigenvalue weighted by Crippen LogP contribution is -2.62. The smallest absolute Gasteiger partial charge is 0.405 e. The van der Waals surface area contributed by atoms with Crippen molar-refractivity contribution in [1.29, 1.82) is 0 Å². The van der Waals surface area contributed by atoms with Gasteiger partial charge in [0.15, 0.2) is 0 Å². The molecule has 0 aliphatic carbocycles. The Morgan fingerprint density at radius 3 is 2.61 bits per heavy atom. The van der Waals surface area contributed by atoms with E-state index in [1.165, 1.54) is 24.3 Å². The summed E-state index contributed by atoms with van der Waals surface area (Å²) in [4.78, 5) is 52.7. The van der Waals surface area contributed by atoms with Crippen molar-refractivity contribution in [3.63, 3.8) is 0 Å². The highest BCUT2D eigenvalue weighted by molar-refractivity contribution is 9.10. The summed E-state index contributed by atoms with van der Waals surface area (Å²) in [6.45, 7) is 0.218. The molecule has 0 radical (unpaired) electrons. The van der Waals surface area contributed by atoms with Crippen LogP contribution in [-0.4, -0.2) is 77.7 Å². The molecule has 0 spiro atoms.